The molecule has 0 aliphatic carbocycles. The van der Waals surface area contributed by atoms with E-state index >= 15 is 0 Å². The number of hydrogen-bond donors (Lipinski definition) is 0. The molecule has 0 radical (unpaired) electrons. The van der Waals surface area contributed by atoms with Gasteiger partial charge in [0.1, 0.15) is 0 Å². The minimum atomic E-state index is 0.505. The minimum absolute atomic E-state index is 0.505. The van der Waals surface area contributed by atoms with Gasteiger partial charge in [0.25, 0.3) is 0 Å². The first-order valence-electron chi connectivity index (χ1n) is 28.2. The molecule has 0 N–H and O–H groups in total. The third kappa shape index (κ3) is 7.09. The lowest BCUT2D eigenvalue weighted by atomic mass is 9.94. The van der Waals surface area contributed by atoms with Crippen LogP contribution in [-0.4, -0.2) is 33.2 Å². The highest BCUT2D eigenvalue weighted by Crippen LogP contribution is 2.47. The first-order valence-corrected chi connectivity index (χ1v) is 28.2. The monoisotopic (exact) mass is 1070 g/mol. The highest BCUT2D eigenvalue weighted by Gasteiger charge is 2.27. The highest BCUT2D eigenvalue weighted by atomic mass is 15.1. The van der Waals surface area contributed by atoms with E-state index in [1.165, 1.54) is 21.5 Å². The Morgan fingerprint density at radius 1 is 0.274 bits per heavy atom. The molecule has 0 fully saturated rings. The van der Waals surface area contributed by atoms with Crippen LogP contribution < -0.4 is 0 Å². The quantitative estimate of drug-likeness (QED) is 0.152. The Morgan fingerprint density at radius 3 is 1.21 bits per heavy atom. The molecule has 8 nitrogen and oxygen atoms in total. The van der Waals surface area contributed by atoms with E-state index in [2.05, 4.69) is 231 Å². The maximum atomic E-state index is 11.0. The van der Waals surface area contributed by atoms with Gasteiger partial charge in [-0.25, -0.2) is 15.0 Å². The van der Waals surface area contributed by atoms with Crippen molar-refractivity contribution in [1.82, 2.24) is 33.2 Å². The van der Waals surface area contributed by atoms with Crippen LogP contribution >= 0.6 is 0 Å². The van der Waals surface area contributed by atoms with Crippen LogP contribution in [-0.2, 0) is 0 Å². The fourth-order valence-corrected chi connectivity index (χ4v) is 13.3. The van der Waals surface area contributed by atoms with Gasteiger partial charge in [0.2, 0.25) is 0 Å². The second-order valence-corrected chi connectivity index (χ2v) is 21.4. The van der Waals surface area contributed by atoms with Gasteiger partial charge in [-0.05, 0) is 103 Å². The lowest BCUT2D eigenvalue weighted by molar-refractivity contribution is 1.07. The van der Waals surface area contributed by atoms with Crippen molar-refractivity contribution in [1.29, 1.82) is 5.26 Å². The molecule has 12 aromatic carbocycles. The van der Waals surface area contributed by atoms with Crippen LogP contribution in [0, 0.1) is 11.3 Å². The predicted molar refractivity (Wildman–Crippen MR) is 344 cm³/mol. The molecule has 84 heavy (non-hydrogen) atoms. The molecule has 0 aliphatic heterocycles. The summed E-state index contributed by atoms with van der Waals surface area (Å²) >= 11 is 0. The third-order valence-electron chi connectivity index (χ3n) is 16.8. The normalized spacial score (nSPS) is 11.8. The number of aromatic nitrogens is 7. The molecule has 0 aliphatic rings. The molecule has 8 heteroatoms. The maximum Gasteiger partial charge on any atom is 0.164 e. The zero-order chi connectivity index (χ0) is 55.4. The van der Waals surface area contributed by atoms with Crippen molar-refractivity contribution in [3.05, 3.63) is 285 Å². The Labute approximate surface area is 481 Å². The van der Waals surface area contributed by atoms with E-state index in [1.54, 1.807) is 0 Å². The number of rotatable bonds is 8. The zero-order valence-electron chi connectivity index (χ0n) is 45.1. The van der Waals surface area contributed by atoms with E-state index in [0.717, 1.165) is 116 Å². The van der Waals surface area contributed by atoms with Crippen LogP contribution in [0.2, 0.25) is 0 Å². The molecule has 0 spiro atoms. The molecular weight excluding hydrogens is 1020 g/mol. The van der Waals surface area contributed by atoms with Gasteiger partial charge in [-0.1, -0.05) is 182 Å². The maximum absolute atomic E-state index is 11.0. The Balaban J connectivity index is 0.993. The Hall–Kier alpha value is -11.7. The van der Waals surface area contributed by atoms with E-state index in [0.29, 0.717) is 23.0 Å². The second kappa shape index (κ2) is 18.7. The number of hydrogen-bond acceptors (Lipinski definition) is 4. The largest absolute Gasteiger partial charge is 0.309 e. The summed E-state index contributed by atoms with van der Waals surface area (Å²) < 4.78 is 9.63. The average molecular weight is 1070 g/mol. The lowest BCUT2D eigenvalue weighted by Crippen LogP contribution is -2.04. The van der Waals surface area contributed by atoms with E-state index < -0.39 is 0 Å². The van der Waals surface area contributed by atoms with Gasteiger partial charge in [0.15, 0.2) is 17.5 Å². The molecule has 390 valence electrons. The number of nitrogens with zero attached hydrogens (tertiary/aromatic N) is 8. The summed E-state index contributed by atoms with van der Waals surface area (Å²) in [5, 5.41) is 20.3. The Morgan fingerprint density at radius 2 is 0.702 bits per heavy atom. The summed E-state index contributed by atoms with van der Waals surface area (Å²) in [5.41, 5.74) is 17.5. The summed E-state index contributed by atoms with van der Waals surface area (Å²) in [6.07, 6.45) is 0. The fourth-order valence-electron chi connectivity index (χ4n) is 13.3. The van der Waals surface area contributed by atoms with Crippen molar-refractivity contribution in [2.24, 2.45) is 0 Å². The molecule has 0 saturated heterocycles. The van der Waals surface area contributed by atoms with Gasteiger partial charge in [-0.2, -0.15) is 5.26 Å². The third-order valence-corrected chi connectivity index (χ3v) is 16.8. The second-order valence-electron chi connectivity index (χ2n) is 21.4. The van der Waals surface area contributed by atoms with Crippen molar-refractivity contribution in [2.75, 3.05) is 0 Å². The predicted octanol–water partition coefficient (Wildman–Crippen LogP) is 18.8. The lowest BCUT2D eigenvalue weighted by Gasteiger charge is -2.19. The number of nitriles is 1. The number of fused-ring (bicyclic) bond motifs is 14. The van der Waals surface area contributed by atoms with Crippen molar-refractivity contribution in [3.8, 4) is 74.1 Å². The van der Waals surface area contributed by atoms with Crippen LogP contribution in [0.15, 0.2) is 279 Å². The van der Waals surface area contributed by atoms with Gasteiger partial charge in [-0.15, -0.1) is 0 Å². The highest BCUT2D eigenvalue weighted by molar-refractivity contribution is 6.28. The molecule has 0 unspecified atom stereocenters. The minimum Gasteiger partial charge on any atom is -0.309 e. The van der Waals surface area contributed by atoms with E-state index in [1.807, 2.05) is 72.8 Å². The SMILES string of the molecule is N#Cc1ccc(-n2c3ccccc3c3c2ccc2c4ccccc4n(-c4ccccc4)c23)c(-c2cc(-n3c4ccccc4c4c3ccc3c5ccccc5n(-c5ccccc5)c34)ccc2-c2nc(-c3ccccc3)nc(-c3ccccc3)n2)c1. The van der Waals surface area contributed by atoms with Crippen LogP contribution in [0.3, 0.4) is 0 Å². The Bertz CT molecular complexity index is 5490. The van der Waals surface area contributed by atoms with Crippen LogP contribution in [0.25, 0.3) is 155 Å². The van der Waals surface area contributed by atoms with Crippen molar-refractivity contribution in [3.63, 3.8) is 0 Å². The smallest absolute Gasteiger partial charge is 0.164 e. The van der Waals surface area contributed by atoms with Crippen molar-refractivity contribution < 1.29 is 0 Å². The van der Waals surface area contributed by atoms with E-state index in [9.17, 15) is 5.26 Å². The van der Waals surface area contributed by atoms with Crippen LogP contribution in [0.4, 0.5) is 0 Å². The molecule has 17 aromatic rings. The van der Waals surface area contributed by atoms with Gasteiger partial charge in [-0.3, -0.25) is 0 Å². The topological polar surface area (TPSA) is 82.2 Å². The van der Waals surface area contributed by atoms with E-state index in [4.69, 9.17) is 15.0 Å². The molecule has 5 heterocycles. The Kier molecular flexibility index (Phi) is 10.5. The first-order chi connectivity index (χ1) is 41.7. The summed E-state index contributed by atoms with van der Waals surface area (Å²) in [6.45, 7) is 0. The van der Waals surface area contributed by atoms with Crippen LogP contribution in [0.5, 0.6) is 0 Å². The van der Waals surface area contributed by atoms with Crippen LogP contribution in [0.1, 0.15) is 5.56 Å². The summed E-state index contributed by atoms with van der Waals surface area (Å²) in [5.74, 6) is 1.62. The molecule has 0 saturated carbocycles. The summed E-state index contributed by atoms with van der Waals surface area (Å²) in [7, 11) is 0. The molecule has 0 atom stereocenters. The molecule has 17 rings (SSSR count). The van der Waals surface area contributed by atoms with E-state index in [-0.39, 0.29) is 0 Å². The first kappa shape index (κ1) is 47.2. The molecule has 0 bridgehead atoms. The summed E-state index contributed by atoms with van der Waals surface area (Å²) in [6, 6.07) is 101. The van der Waals surface area contributed by atoms with Gasteiger partial charge in [0.05, 0.1) is 61.5 Å². The standard InChI is InChI=1S/C76H46N8/c77-47-48-37-42-67(84-66-36-20-16-32-60(66)71-69(84)44-41-57-55-30-14-18-34-64(55)83(73(57)71)52-27-11-4-12-28-52)62(45-48)61-46-53(38-39-58(61)76-79-74(49-21-5-1-6-22-49)78-75(80-76)50-23-7-2-8-24-50)81-65-35-19-15-31-59(65)70-68(81)43-40-56-54-29-13-17-33-63(54)82(72(56)70)51-25-9-3-10-26-51/h1-46H. The van der Waals surface area contributed by atoms with Gasteiger partial charge < -0.3 is 18.3 Å². The molecule has 0 amide bonds. The molecule has 5 aromatic heterocycles. The van der Waals surface area contributed by atoms with Gasteiger partial charge in [0, 0.05) is 82.4 Å². The molecular formula is C76H46N8. The van der Waals surface area contributed by atoms with Crippen molar-refractivity contribution >= 4 is 87.2 Å². The number of benzene rings is 12. The van der Waals surface area contributed by atoms with Crippen molar-refractivity contribution in [2.45, 2.75) is 0 Å². The number of para-hydroxylation sites is 6. The summed E-state index contributed by atoms with van der Waals surface area (Å²) in [4.78, 5) is 15.9. The zero-order valence-corrected chi connectivity index (χ0v) is 45.1. The average Bonchev–Trinajstić information content (AvgIpc) is 1.95. The fraction of sp³-hybridized carbons (Fsp3) is 0. The van der Waals surface area contributed by atoms with Gasteiger partial charge >= 0.3 is 0 Å².